The van der Waals surface area contributed by atoms with Crippen LogP contribution in [-0.2, 0) is 0 Å². The van der Waals surface area contributed by atoms with Gasteiger partial charge in [-0.05, 0) is 5.92 Å². The standard InChI is InChI=1S/C14H25B2/c1-10-6-5-8-12-14(10)16(2)13-9-4-3-7-11(13)15-12/h10-14H,3-9H2,1-2H3. The molecule has 1 radical (unpaired) electrons. The van der Waals surface area contributed by atoms with Crippen molar-refractivity contribution in [3.05, 3.63) is 0 Å². The topological polar surface area (TPSA) is 0 Å². The third-order valence-electron chi connectivity index (χ3n) is 6.00. The summed E-state index contributed by atoms with van der Waals surface area (Å²) in [4.78, 5) is 0. The van der Waals surface area contributed by atoms with Gasteiger partial charge in [-0.2, -0.15) is 0 Å². The molecule has 2 saturated carbocycles. The zero-order valence-corrected chi connectivity index (χ0v) is 11.0. The van der Waals surface area contributed by atoms with Crippen molar-refractivity contribution in [2.24, 2.45) is 5.92 Å². The number of rotatable bonds is 0. The molecule has 5 unspecified atom stereocenters. The van der Waals surface area contributed by atoms with E-state index in [0.29, 0.717) is 0 Å². The summed E-state index contributed by atoms with van der Waals surface area (Å²) in [5.74, 6) is 5.06. The Hall–Kier alpha value is 0.130. The molecular formula is C14H25B2. The fourth-order valence-corrected chi connectivity index (χ4v) is 5.30. The molecule has 0 nitrogen and oxygen atoms in total. The van der Waals surface area contributed by atoms with Gasteiger partial charge in [0.25, 0.3) is 0 Å². The molecule has 2 aliphatic carbocycles. The van der Waals surface area contributed by atoms with Gasteiger partial charge < -0.3 is 0 Å². The van der Waals surface area contributed by atoms with Crippen molar-refractivity contribution in [2.45, 2.75) is 82.0 Å². The van der Waals surface area contributed by atoms with Crippen LogP contribution in [0.3, 0.4) is 0 Å². The van der Waals surface area contributed by atoms with Crippen LogP contribution in [0, 0.1) is 5.92 Å². The summed E-state index contributed by atoms with van der Waals surface area (Å²) in [5, 5.41) is 0. The SMILES string of the molecule is CB1C2CCCCC2[B]C2CCCC(C)C12. The normalized spacial score (nSPS) is 47.9. The van der Waals surface area contributed by atoms with Gasteiger partial charge in [0, 0.05) is 0 Å². The van der Waals surface area contributed by atoms with Gasteiger partial charge in [-0.3, -0.25) is 0 Å². The molecule has 5 atom stereocenters. The molecule has 2 heteroatoms. The first-order chi connectivity index (χ1) is 7.77. The van der Waals surface area contributed by atoms with Crippen molar-refractivity contribution in [3.63, 3.8) is 0 Å². The quantitative estimate of drug-likeness (QED) is 0.520. The maximum absolute atomic E-state index is 2.81. The third kappa shape index (κ3) is 1.77. The second-order valence-corrected chi connectivity index (χ2v) is 6.81. The predicted molar refractivity (Wildman–Crippen MR) is 73.9 cm³/mol. The zero-order chi connectivity index (χ0) is 11.1. The third-order valence-corrected chi connectivity index (χ3v) is 6.00. The molecule has 87 valence electrons. The maximum Gasteiger partial charge on any atom is 0.142 e. The minimum Gasteiger partial charge on any atom is -0.0857 e. The van der Waals surface area contributed by atoms with Crippen LogP contribution in [-0.4, -0.2) is 14.0 Å². The van der Waals surface area contributed by atoms with Gasteiger partial charge in [0.05, 0.1) is 0 Å². The molecule has 0 bridgehead atoms. The highest BCUT2D eigenvalue weighted by Crippen LogP contribution is 2.58. The minimum absolute atomic E-state index is 0.984. The molecular weight excluding hydrogens is 190 g/mol. The van der Waals surface area contributed by atoms with E-state index >= 15 is 0 Å². The highest BCUT2D eigenvalue weighted by molar-refractivity contribution is 6.67. The summed E-state index contributed by atoms with van der Waals surface area (Å²) < 4.78 is 0. The van der Waals surface area contributed by atoms with E-state index in [0.717, 1.165) is 35.9 Å². The summed E-state index contributed by atoms with van der Waals surface area (Å²) in [7, 11) is 2.81. The average Bonchev–Trinajstić information content (AvgIpc) is 2.29. The van der Waals surface area contributed by atoms with Crippen molar-refractivity contribution < 1.29 is 0 Å². The Morgan fingerprint density at radius 3 is 2.56 bits per heavy atom. The first-order valence-corrected chi connectivity index (χ1v) is 7.62. The Kier molecular flexibility index (Phi) is 3.11. The van der Waals surface area contributed by atoms with E-state index in [4.69, 9.17) is 0 Å². The van der Waals surface area contributed by atoms with Crippen LogP contribution in [0.15, 0.2) is 0 Å². The summed E-state index contributed by atoms with van der Waals surface area (Å²) in [6.07, 6.45) is 10.5. The van der Waals surface area contributed by atoms with E-state index in [9.17, 15) is 0 Å². The molecule has 3 rings (SSSR count). The fraction of sp³-hybridized carbons (Fsp3) is 1.00. The molecule has 0 aromatic carbocycles. The van der Waals surface area contributed by atoms with E-state index in [1.165, 1.54) is 44.9 Å². The van der Waals surface area contributed by atoms with Gasteiger partial charge in [0.15, 0.2) is 0 Å². The second-order valence-electron chi connectivity index (χ2n) is 6.81. The van der Waals surface area contributed by atoms with Gasteiger partial charge in [-0.15, -0.1) is 0 Å². The Bertz CT molecular complexity index is 253. The number of hydrogen-bond donors (Lipinski definition) is 0. The Morgan fingerprint density at radius 1 is 0.938 bits per heavy atom. The molecule has 0 aromatic heterocycles. The number of hydrogen-bond acceptors (Lipinski definition) is 0. The smallest absolute Gasteiger partial charge is 0.0857 e. The van der Waals surface area contributed by atoms with Crippen LogP contribution >= 0.6 is 0 Å². The largest absolute Gasteiger partial charge is 0.142 e. The number of fused-ring (bicyclic) bond motifs is 2. The molecule has 1 saturated heterocycles. The summed E-state index contributed by atoms with van der Waals surface area (Å²) in [6.45, 7) is 6.11. The molecule has 3 aliphatic rings. The lowest BCUT2D eigenvalue weighted by Crippen LogP contribution is -2.44. The van der Waals surface area contributed by atoms with Gasteiger partial charge in [-0.25, -0.2) is 0 Å². The van der Waals surface area contributed by atoms with E-state index < -0.39 is 0 Å². The minimum atomic E-state index is 0.984. The highest BCUT2D eigenvalue weighted by Gasteiger charge is 2.47. The first-order valence-electron chi connectivity index (χ1n) is 7.62. The molecule has 0 N–H and O–H groups in total. The van der Waals surface area contributed by atoms with Crippen LogP contribution in [0.25, 0.3) is 0 Å². The lowest BCUT2D eigenvalue weighted by Gasteiger charge is -2.51. The van der Waals surface area contributed by atoms with Gasteiger partial charge in [-0.1, -0.05) is 82.0 Å². The van der Waals surface area contributed by atoms with Crippen molar-refractivity contribution in [3.8, 4) is 0 Å². The van der Waals surface area contributed by atoms with E-state index in [1.807, 2.05) is 0 Å². The van der Waals surface area contributed by atoms with Crippen LogP contribution in [0.5, 0.6) is 0 Å². The molecule has 3 fully saturated rings. The van der Waals surface area contributed by atoms with Crippen LogP contribution in [0.1, 0.15) is 51.9 Å². The zero-order valence-electron chi connectivity index (χ0n) is 11.0. The molecule has 0 aromatic rings. The monoisotopic (exact) mass is 215 g/mol. The van der Waals surface area contributed by atoms with Crippen LogP contribution in [0.4, 0.5) is 0 Å². The molecule has 1 heterocycles. The Labute approximate surface area is 102 Å². The van der Waals surface area contributed by atoms with Gasteiger partial charge in [0.2, 0.25) is 0 Å². The van der Waals surface area contributed by atoms with E-state index in [-0.39, 0.29) is 0 Å². The van der Waals surface area contributed by atoms with Gasteiger partial charge >= 0.3 is 0 Å². The Balaban J connectivity index is 1.79. The highest BCUT2D eigenvalue weighted by atomic mass is 14.3. The summed E-state index contributed by atoms with van der Waals surface area (Å²) in [5.41, 5.74) is 0. The first kappa shape index (κ1) is 11.2. The average molecular weight is 215 g/mol. The maximum atomic E-state index is 2.81. The van der Waals surface area contributed by atoms with E-state index in [1.54, 1.807) is 0 Å². The van der Waals surface area contributed by atoms with Crippen molar-refractivity contribution in [1.29, 1.82) is 0 Å². The summed E-state index contributed by atoms with van der Waals surface area (Å²) in [6, 6.07) is 0. The van der Waals surface area contributed by atoms with Crippen molar-refractivity contribution in [1.82, 2.24) is 0 Å². The lowest BCUT2D eigenvalue weighted by molar-refractivity contribution is 0.353. The fourth-order valence-electron chi connectivity index (χ4n) is 5.30. The van der Waals surface area contributed by atoms with Gasteiger partial charge in [0.1, 0.15) is 14.0 Å². The van der Waals surface area contributed by atoms with Crippen LogP contribution in [0.2, 0.25) is 30.1 Å². The lowest BCUT2D eigenvalue weighted by atomic mass is 9.17. The molecule has 16 heavy (non-hydrogen) atoms. The molecule has 0 spiro atoms. The predicted octanol–water partition coefficient (Wildman–Crippen LogP) is 4.54. The second kappa shape index (κ2) is 4.42. The van der Waals surface area contributed by atoms with Crippen molar-refractivity contribution in [2.75, 3.05) is 0 Å². The van der Waals surface area contributed by atoms with Crippen molar-refractivity contribution >= 4 is 14.0 Å². The molecule has 0 amide bonds. The summed E-state index contributed by atoms with van der Waals surface area (Å²) >= 11 is 0. The molecule has 1 aliphatic heterocycles. The van der Waals surface area contributed by atoms with Crippen LogP contribution < -0.4 is 0 Å². The van der Waals surface area contributed by atoms with E-state index in [2.05, 4.69) is 21.0 Å². The Morgan fingerprint density at radius 2 is 1.69 bits per heavy atom.